The zero-order chi connectivity index (χ0) is 38.4. The van der Waals surface area contributed by atoms with Crippen LogP contribution in [0.15, 0.2) is 206 Å². The predicted octanol–water partition coefficient (Wildman–Crippen LogP) is 16.3. The minimum absolute atomic E-state index is 1.11. The molecule has 0 unspecified atom stereocenters. The summed E-state index contributed by atoms with van der Waals surface area (Å²) in [7, 11) is 0. The van der Waals surface area contributed by atoms with Crippen LogP contribution in [0.25, 0.3) is 81.5 Å². The van der Waals surface area contributed by atoms with E-state index in [1.807, 2.05) is 11.3 Å². The molecule has 1 aromatic heterocycles. The van der Waals surface area contributed by atoms with Gasteiger partial charge in [-0.05, 0) is 146 Å². The number of rotatable bonds is 7. The Kier molecular flexibility index (Phi) is 8.56. The van der Waals surface area contributed by atoms with Crippen LogP contribution in [0.3, 0.4) is 0 Å². The Bertz CT molecular complexity index is 3140. The summed E-state index contributed by atoms with van der Waals surface area (Å²) < 4.78 is 2.66. The van der Waals surface area contributed by atoms with Gasteiger partial charge in [0.25, 0.3) is 0 Å². The van der Waals surface area contributed by atoms with Crippen molar-refractivity contribution in [3.63, 3.8) is 0 Å². The van der Waals surface area contributed by atoms with Crippen LogP contribution in [0.1, 0.15) is 17.5 Å². The lowest BCUT2D eigenvalue weighted by atomic mass is 9.90. The molecule has 1 aliphatic rings. The molecule has 0 fully saturated rings. The fourth-order valence-electron chi connectivity index (χ4n) is 8.70. The van der Waals surface area contributed by atoms with Gasteiger partial charge in [0.05, 0.1) is 0 Å². The van der Waals surface area contributed by atoms with Crippen LogP contribution in [0.2, 0.25) is 0 Å². The van der Waals surface area contributed by atoms with Gasteiger partial charge in [0, 0.05) is 37.2 Å². The number of aryl methyl sites for hydroxylation is 1. The molecule has 0 atom stereocenters. The number of nitrogens with zero attached hydrogens (tertiary/aromatic N) is 1. The van der Waals surface area contributed by atoms with E-state index in [9.17, 15) is 0 Å². The molecule has 0 spiro atoms. The topological polar surface area (TPSA) is 3.24 Å². The molecule has 0 bridgehead atoms. The molecule has 9 aromatic carbocycles. The van der Waals surface area contributed by atoms with Crippen LogP contribution < -0.4 is 4.90 Å². The molecule has 2 heteroatoms. The molecule has 10 aromatic rings. The van der Waals surface area contributed by atoms with Crippen molar-refractivity contribution >= 4 is 65.4 Å². The minimum atomic E-state index is 1.11. The minimum Gasteiger partial charge on any atom is -0.311 e. The summed E-state index contributed by atoms with van der Waals surface area (Å²) in [6, 6.07) is 73.6. The van der Waals surface area contributed by atoms with E-state index in [0.717, 1.165) is 29.9 Å². The van der Waals surface area contributed by atoms with E-state index in [2.05, 4.69) is 217 Å². The number of thiophene rings is 1. The molecule has 0 amide bonds. The summed E-state index contributed by atoms with van der Waals surface area (Å²) in [5.74, 6) is 0. The van der Waals surface area contributed by atoms with Crippen LogP contribution in [0.4, 0.5) is 17.1 Å². The highest BCUT2D eigenvalue weighted by Gasteiger charge is 2.15. The van der Waals surface area contributed by atoms with Crippen molar-refractivity contribution in [1.29, 1.82) is 0 Å². The van der Waals surface area contributed by atoms with Gasteiger partial charge < -0.3 is 4.90 Å². The summed E-state index contributed by atoms with van der Waals surface area (Å²) >= 11 is 1.86. The standard InChI is InChI=1S/C56H39NS/c1-2-9-38(10-3-1)39-19-27-48(28-20-39)57(50-31-23-41(24-32-50)46-26-34-56-54(37-46)53-15-6-7-16-55(53)58-56)49-29-21-40(22-30-49)43-12-8-13-44(35-43)45-25-33-52-47(36-45)18-17-42-11-4-5-14-51(42)52/h1-3,5-10,12-37H,4,11H2. The molecular formula is C56H39NS. The van der Waals surface area contributed by atoms with Crippen molar-refractivity contribution in [2.45, 2.75) is 12.8 Å². The Labute approximate surface area is 343 Å². The van der Waals surface area contributed by atoms with Crippen LogP contribution >= 0.6 is 11.3 Å². The number of hydrogen-bond acceptors (Lipinski definition) is 2. The summed E-state index contributed by atoms with van der Waals surface area (Å²) in [6.07, 6.45) is 6.86. The zero-order valence-electron chi connectivity index (χ0n) is 32.0. The second-order valence-corrected chi connectivity index (χ2v) is 16.3. The highest BCUT2D eigenvalue weighted by atomic mass is 32.1. The maximum absolute atomic E-state index is 2.36. The highest BCUT2D eigenvalue weighted by Crippen LogP contribution is 2.40. The van der Waals surface area contributed by atoms with Gasteiger partial charge >= 0.3 is 0 Å². The number of anilines is 3. The van der Waals surface area contributed by atoms with Gasteiger partial charge in [0.2, 0.25) is 0 Å². The van der Waals surface area contributed by atoms with E-state index >= 15 is 0 Å². The lowest BCUT2D eigenvalue weighted by Gasteiger charge is -2.26. The first-order chi connectivity index (χ1) is 28.7. The van der Waals surface area contributed by atoms with Crippen molar-refractivity contribution in [2.24, 2.45) is 0 Å². The molecule has 0 saturated heterocycles. The fraction of sp³-hybridized carbons (Fsp3) is 0.0357. The first-order valence-electron chi connectivity index (χ1n) is 20.1. The van der Waals surface area contributed by atoms with Crippen molar-refractivity contribution in [3.05, 3.63) is 217 Å². The molecule has 1 nitrogen and oxygen atoms in total. The van der Waals surface area contributed by atoms with Crippen molar-refractivity contribution < 1.29 is 0 Å². The molecule has 0 N–H and O–H groups in total. The fourth-order valence-corrected chi connectivity index (χ4v) is 9.79. The predicted molar refractivity (Wildman–Crippen MR) is 251 cm³/mol. The van der Waals surface area contributed by atoms with Gasteiger partial charge in [0.15, 0.2) is 0 Å². The van der Waals surface area contributed by atoms with E-state index in [-0.39, 0.29) is 0 Å². The van der Waals surface area contributed by atoms with Crippen LogP contribution in [0, 0.1) is 0 Å². The molecule has 1 heterocycles. The normalized spacial score (nSPS) is 12.3. The lowest BCUT2D eigenvalue weighted by molar-refractivity contribution is 0.990. The molecular weight excluding hydrogens is 719 g/mol. The first kappa shape index (κ1) is 34.3. The van der Waals surface area contributed by atoms with Gasteiger partial charge in [-0.15, -0.1) is 11.3 Å². The van der Waals surface area contributed by atoms with Crippen molar-refractivity contribution in [2.75, 3.05) is 4.90 Å². The maximum atomic E-state index is 2.36. The van der Waals surface area contributed by atoms with Gasteiger partial charge in [-0.1, -0.05) is 146 Å². The number of benzene rings is 9. The number of hydrogen-bond donors (Lipinski definition) is 0. The van der Waals surface area contributed by atoms with Crippen LogP contribution in [0.5, 0.6) is 0 Å². The second kappa shape index (κ2) is 14.5. The molecule has 0 radical (unpaired) electrons. The smallest absolute Gasteiger partial charge is 0.0462 e. The van der Waals surface area contributed by atoms with Gasteiger partial charge in [-0.25, -0.2) is 0 Å². The zero-order valence-corrected chi connectivity index (χ0v) is 32.8. The van der Waals surface area contributed by atoms with Gasteiger partial charge in [-0.3, -0.25) is 0 Å². The summed E-state index contributed by atoms with van der Waals surface area (Å²) in [4.78, 5) is 2.36. The van der Waals surface area contributed by atoms with E-state index in [1.54, 1.807) is 0 Å². The molecule has 0 aliphatic heterocycles. The molecule has 1 aliphatic carbocycles. The number of fused-ring (bicyclic) bond motifs is 6. The monoisotopic (exact) mass is 757 g/mol. The van der Waals surface area contributed by atoms with E-state index in [1.165, 1.54) is 86.6 Å². The van der Waals surface area contributed by atoms with Crippen molar-refractivity contribution in [3.8, 4) is 44.5 Å². The lowest BCUT2D eigenvalue weighted by Crippen LogP contribution is -2.09. The van der Waals surface area contributed by atoms with Crippen LogP contribution in [-0.2, 0) is 6.42 Å². The first-order valence-corrected chi connectivity index (χ1v) is 20.9. The maximum Gasteiger partial charge on any atom is 0.0462 e. The Balaban J connectivity index is 0.928. The van der Waals surface area contributed by atoms with Gasteiger partial charge in [0.1, 0.15) is 0 Å². The number of allylic oxidation sites excluding steroid dienone is 1. The third kappa shape index (κ3) is 6.29. The summed E-state index contributed by atoms with van der Waals surface area (Å²) in [5, 5.41) is 5.28. The Hall–Kier alpha value is -7.00. The van der Waals surface area contributed by atoms with Gasteiger partial charge in [-0.2, -0.15) is 0 Å². The molecule has 58 heavy (non-hydrogen) atoms. The molecule has 0 saturated carbocycles. The Morgan fingerprint density at radius 3 is 1.62 bits per heavy atom. The summed E-state index contributed by atoms with van der Waals surface area (Å²) in [6.45, 7) is 0. The van der Waals surface area contributed by atoms with Crippen molar-refractivity contribution in [1.82, 2.24) is 0 Å². The van der Waals surface area contributed by atoms with E-state index in [4.69, 9.17) is 0 Å². The Morgan fingerprint density at radius 2 is 0.897 bits per heavy atom. The van der Waals surface area contributed by atoms with E-state index in [0.29, 0.717) is 0 Å². The quantitative estimate of drug-likeness (QED) is 0.156. The third-order valence-electron chi connectivity index (χ3n) is 11.7. The SMILES string of the molecule is C1=Cc2c(ccc3cc(-c4cccc(-c5ccc(N(c6ccc(-c7ccccc7)cc6)c6ccc(-c7ccc8sc9ccccc9c8c7)cc6)cc5)c4)ccc23)CC1. The average molecular weight is 758 g/mol. The third-order valence-corrected chi connectivity index (χ3v) is 12.9. The highest BCUT2D eigenvalue weighted by molar-refractivity contribution is 7.25. The second-order valence-electron chi connectivity index (χ2n) is 15.2. The molecule has 274 valence electrons. The Morgan fingerprint density at radius 1 is 0.362 bits per heavy atom. The average Bonchev–Trinajstić information content (AvgIpc) is 3.68. The largest absolute Gasteiger partial charge is 0.311 e. The molecule has 11 rings (SSSR count). The summed E-state index contributed by atoms with van der Waals surface area (Å²) in [5.41, 5.74) is 15.9. The van der Waals surface area contributed by atoms with E-state index < -0.39 is 0 Å². The van der Waals surface area contributed by atoms with Crippen LogP contribution in [-0.4, -0.2) is 0 Å².